The summed E-state index contributed by atoms with van der Waals surface area (Å²) in [6, 6.07) is 8.10. The molecule has 0 radical (unpaired) electrons. The highest BCUT2D eigenvalue weighted by atomic mass is 32.1. The minimum absolute atomic E-state index is 0.0837. The lowest BCUT2D eigenvalue weighted by Crippen LogP contribution is -2.40. The molecule has 1 aromatic carbocycles. The van der Waals surface area contributed by atoms with Gasteiger partial charge in [0, 0.05) is 34.6 Å². The summed E-state index contributed by atoms with van der Waals surface area (Å²) in [6.45, 7) is 1.32. The van der Waals surface area contributed by atoms with Gasteiger partial charge in [0.1, 0.15) is 6.33 Å². The van der Waals surface area contributed by atoms with Crippen molar-refractivity contribution in [1.82, 2.24) is 19.7 Å². The fourth-order valence-corrected chi connectivity index (χ4v) is 4.11. The number of fused-ring (bicyclic) bond motifs is 1. The van der Waals surface area contributed by atoms with E-state index < -0.39 is 0 Å². The van der Waals surface area contributed by atoms with Crippen molar-refractivity contribution >= 4 is 27.3 Å². The average molecular weight is 328 g/mol. The number of nitrogens with zero attached hydrogens (tertiary/aromatic N) is 3. The van der Waals surface area contributed by atoms with Crippen molar-refractivity contribution < 1.29 is 4.79 Å². The smallest absolute Gasteiger partial charge is 0.338 e. The van der Waals surface area contributed by atoms with Crippen LogP contribution in [0.1, 0.15) is 29.2 Å². The second-order valence-electron chi connectivity index (χ2n) is 5.74. The first kappa shape index (κ1) is 14.2. The third kappa shape index (κ3) is 2.46. The van der Waals surface area contributed by atoms with Gasteiger partial charge in [-0.15, -0.1) is 11.3 Å². The lowest BCUT2D eigenvalue weighted by atomic mass is 10.0. The van der Waals surface area contributed by atoms with Gasteiger partial charge in [-0.25, -0.2) is 9.89 Å². The van der Waals surface area contributed by atoms with Crippen molar-refractivity contribution in [2.24, 2.45) is 0 Å². The molecule has 3 heterocycles. The number of nitrogens with one attached hydrogen (secondary N) is 1. The van der Waals surface area contributed by atoms with Crippen LogP contribution in [0.25, 0.3) is 10.1 Å². The van der Waals surface area contributed by atoms with Crippen LogP contribution in [-0.4, -0.2) is 38.7 Å². The normalized spacial score (nSPS) is 16.1. The Balaban J connectivity index is 1.51. The van der Waals surface area contributed by atoms with E-state index in [2.05, 4.69) is 10.2 Å². The fraction of sp³-hybridized carbons (Fsp3) is 0.312. The zero-order chi connectivity index (χ0) is 15.8. The summed E-state index contributed by atoms with van der Waals surface area (Å²) >= 11 is 1.60. The van der Waals surface area contributed by atoms with E-state index >= 15 is 0 Å². The van der Waals surface area contributed by atoms with Crippen LogP contribution in [-0.2, 0) is 0 Å². The summed E-state index contributed by atoms with van der Waals surface area (Å²) in [5.41, 5.74) is 0.600. The monoisotopic (exact) mass is 328 g/mol. The largest absolute Gasteiger partial charge is 0.343 e. The van der Waals surface area contributed by atoms with Crippen LogP contribution >= 0.6 is 11.3 Å². The number of amides is 1. The molecule has 0 unspecified atom stereocenters. The first-order valence-corrected chi connectivity index (χ1v) is 8.49. The summed E-state index contributed by atoms with van der Waals surface area (Å²) in [5, 5.41) is 9.16. The Morgan fingerprint density at radius 1 is 1.26 bits per heavy atom. The maximum Gasteiger partial charge on any atom is 0.343 e. The Labute approximate surface area is 136 Å². The molecule has 0 atom stereocenters. The molecule has 0 saturated carbocycles. The first-order valence-electron chi connectivity index (χ1n) is 7.61. The van der Waals surface area contributed by atoms with Crippen LogP contribution in [0.4, 0.5) is 0 Å². The van der Waals surface area contributed by atoms with Crippen LogP contribution in [0.15, 0.2) is 40.8 Å². The molecule has 1 saturated heterocycles. The van der Waals surface area contributed by atoms with Gasteiger partial charge in [-0.05, 0) is 18.9 Å². The number of hydrogen-bond donors (Lipinski definition) is 1. The van der Waals surface area contributed by atoms with Gasteiger partial charge in [0.2, 0.25) is 0 Å². The van der Waals surface area contributed by atoms with E-state index in [0.717, 1.165) is 28.5 Å². The van der Waals surface area contributed by atoms with Crippen molar-refractivity contribution in [3.8, 4) is 0 Å². The maximum absolute atomic E-state index is 12.8. The van der Waals surface area contributed by atoms with Gasteiger partial charge in [0.25, 0.3) is 5.91 Å². The number of rotatable bonds is 2. The number of benzene rings is 1. The van der Waals surface area contributed by atoms with E-state index in [9.17, 15) is 9.59 Å². The Morgan fingerprint density at radius 3 is 2.78 bits per heavy atom. The van der Waals surface area contributed by atoms with Crippen LogP contribution in [0.3, 0.4) is 0 Å². The molecule has 0 aliphatic carbocycles. The van der Waals surface area contributed by atoms with Gasteiger partial charge in [-0.3, -0.25) is 9.36 Å². The number of aromatic amines is 1. The van der Waals surface area contributed by atoms with Crippen LogP contribution in [0.2, 0.25) is 0 Å². The van der Waals surface area contributed by atoms with Gasteiger partial charge in [-0.2, -0.15) is 5.10 Å². The Morgan fingerprint density at radius 2 is 2.04 bits per heavy atom. The first-order chi connectivity index (χ1) is 11.2. The van der Waals surface area contributed by atoms with Crippen LogP contribution in [0.5, 0.6) is 0 Å². The molecule has 2 aromatic heterocycles. The summed E-state index contributed by atoms with van der Waals surface area (Å²) in [4.78, 5) is 26.3. The standard InChI is InChI=1S/C16H16N4O2S/c21-15(13-9-23-14-4-2-1-3-12(13)14)19-7-5-11(6-8-19)20-10-17-18-16(20)22/h1-4,9-11H,5-8H2,(H,18,22). The van der Waals surface area contributed by atoms with Gasteiger partial charge in [0.05, 0.1) is 5.56 Å². The van der Waals surface area contributed by atoms with E-state index in [1.807, 2.05) is 34.5 Å². The number of carbonyl (C=O) groups is 1. The number of piperidine rings is 1. The zero-order valence-electron chi connectivity index (χ0n) is 12.4. The zero-order valence-corrected chi connectivity index (χ0v) is 13.3. The molecule has 4 rings (SSSR count). The van der Waals surface area contributed by atoms with E-state index in [4.69, 9.17) is 0 Å². The molecule has 0 spiro atoms. The topological polar surface area (TPSA) is 71.0 Å². The molecule has 7 heteroatoms. The Kier molecular flexibility index (Phi) is 3.49. The molecule has 23 heavy (non-hydrogen) atoms. The number of H-pyrrole nitrogens is 1. The SMILES string of the molecule is O=C(c1csc2ccccc12)N1CCC(n2cn[nH]c2=O)CC1. The number of thiophene rings is 1. The van der Waals surface area contributed by atoms with E-state index in [0.29, 0.717) is 13.1 Å². The Bertz CT molecular complexity index is 902. The van der Waals surface area contributed by atoms with E-state index in [1.54, 1.807) is 15.9 Å². The summed E-state index contributed by atoms with van der Waals surface area (Å²) < 4.78 is 2.76. The molecular weight excluding hydrogens is 312 g/mol. The quantitative estimate of drug-likeness (QED) is 0.784. The van der Waals surface area contributed by atoms with Gasteiger partial charge in [0.15, 0.2) is 0 Å². The third-order valence-corrected chi connectivity index (χ3v) is 5.40. The number of aromatic nitrogens is 3. The molecule has 3 aromatic rings. The summed E-state index contributed by atoms with van der Waals surface area (Å²) in [5.74, 6) is 0.0837. The van der Waals surface area contributed by atoms with Crippen molar-refractivity contribution in [2.75, 3.05) is 13.1 Å². The second kappa shape index (κ2) is 5.66. The number of carbonyl (C=O) groups excluding carboxylic acids is 1. The molecule has 6 nitrogen and oxygen atoms in total. The molecule has 1 amide bonds. The minimum atomic E-state index is -0.182. The predicted molar refractivity (Wildman–Crippen MR) is 88.8 cm³/mol. The van der Waals surface area contributed by atoms with Crippen LogP contribution < -0.4 is 5.69 Å². The van der Waals surface area contributed by atoms with Crippen molar-refractivity contribution in [2.45, 2.75) is 18.9 Å². The van der Waals surface area contributed by atoms with Crippen molar-refractivity contribution in [1.29, 1.82) is 0 Å². The third-order valence-electron chi connectivity index (χ3n) is 4.43. The van der Waals surface area contributed by atoms with Crippen molar-refractivity contribution in [3.63, 3.8) is 0 Å². The van der Waals surface area contributed by atoms with Crippen molar-refractivity contribution in [3.05, 3.63) is 52.0 Å². The highest BCUT2D eigenvalue weighted by Gasteiger charge is 2.26. The number of likely N-dealkylation sites (tertiary alicyclic amines) is 1. The highest BCUT2D eigenvalue weighted by molar-refractivity contribution is 7.17. The maximum atomic E-state index is 12.8. The molecule has 1 N–H and O–H groups in total. The lowest BCUT2D eigenvalue weighted by molar-refractivity contribution is 0.0696. The van der Waals surface area contributed by atoms with Gasteiger partial charge in [-0.1, -0.05) is 18.2 Å². The minimum Gasteiger partial charge on any atom is -0.338 e. The van der Waals surface area contributed by atoms with E-state index in [1.165, 1.54) is 6.33 Å². The molecule has 1 fully saturated rings. The summed E-state index contributed by atoms with van der Waals surface area (Å²) in [6.07, 6.45) is 3.08. The Hall–Kier alpha value is -2.41. The van der Waals surface area contributed by atoms with Gasteiger partial charge < -0.3 is 4.90 Å². The lowest BCUT2D eigenvalue weighted by Gasteiger charge is -2.32. The van der Waals surface area contributed by atoms with Gasteiger partial charge >= 0.3 is 5.69 Å². The number of hydrogen-bond acceptors (Lipinski definition) is 4. The van der Waals surface area contributed by atoms with Crippen LogP contribution in [0, 0.1) is 0 Å². The van der Waals surface area contributed by atoms with E-state index in [-0.39, 0.29) is 17.6 Å². The molecule has 0 bridgehead atoms. The molecule has 118 valence electrons. The average Bonchev–Trinajstić information content (AvgIpc) is 3.20. The summed E-state index contributed by atoms with van der Waals surface area (Å²) in [7, 11) is 0. The predicted octanol–water partition coefficient (Wildman–Crippen LogP) is 2.26. The molecule has 1 aliphatic heterocycles. The molecular formula is C16H16N4O2S. The molecule has 1 aliphatic rings. The highest BCUT2D eigenvalue weighted by Crippen LogP contribution is 2.28. The second-order valence-corrected chi connectivity index (χ2v) is 6.65. The fourth-order valence-electron chi connectivity index (χ4n) is 3.18.